The summed E-state index contributed by atoms with van der Waals surface area (Å²) in [7, 11) is 0. The molecule has 0 radical (unpaired) electrons. The molecule has 0 fully saturated rings. The zero-order valence-electron chi connectivity index (χ0n) is 14.7. The maximum atomic E-state index is 14.4. The van der Waals surface area contributed by atoms with E-state index in [-0.39, 0.29) is 18.1 Å². The van der Waals surface area contributed by atoms with Crippen molar-refractivity contribution in [3.05, 3.63) is 52.6 Å². The number of halogens is 2. The fraction of sp³-hybridized carbons (Fsp3) is 0.316. The first-order valence-corrected chi connectivity index (χ1v) is 8.56. The Hall–Kier alpha value is -2.47. The Morgan fingerprint density at radius 2 is 2.15 bits per heavy atom. The van der Waals surface area contributed by atoms with Crippen LogP contribution in [0.2, 0.25) is 5.02 Å². The highest BCUT2D eigenvalue weighted by atomic mass is 35.5. The van der Waals surface area contributed by atoms with Crippen LogP contribution in [0.25, 0.3) is 11.1 Å². The molecule has 1 aliphatic rings. The number of carbonyl (C=O) groups is 1. The van der Waals surface area contributed by atoms with Gasteiger partial charge in [-0.2, -0.15) is 0 Å². The topological polar surface area (TPSA) is 60.8 Å². The summed E-state index contributed by atoms with van der Waals surface area (Å²) in [4.78, 5) is 21.6. The van der Waals surface area contributed by atoms with Gasteiger partial charge in [0.1, 0.15) is 5.82 Å². The number of esters is 1. The lowest BCUT2D eigenvalue weighted by Crippen LogP contribution is -2.37. The molecular weight excluding hydrogens is 359 g/mol. The molecule has 1 aromatic carbocycles. The summed E-state index contributed by atoms with van der Waals surface area (Å²) in [6.07, 6.45) is 1.78. The Labute approximate surface area is 155 Å². The Kier molecular flexibility index (Phi) is 4.96. The summed E-state index contributed by atoms with van der Waals surface area (Å²) in [5.41, 5.74) is 1.57. The SMILES string of the molecule is CCOC(=O)C1(C)CC(c2cc(-c3ccc(C)nc3)c(F)cc2Cl)=NO1. The van der Waals surface area contributed by atoms with E-state index in [1.807, 2.05) is 6.92 Å². The van der Waals surface area contributed by atoms with E-state index in [2.05, 4.69) is 10.1 Å². The summed E-state index contributed by atoms with van der Waals surface area (Å²) in [6, 6.07) is 6.42. The van der Waals surface area contributed by atoms with Crippen LogP contribution in [0, 0.1) is 12.7 Å². The molecule has 0 saturated carbocycles. The quantitative estimate of drug-likeness (QED) is 0.746. The summed E-state index contributed by atoms with van der Waals surface area (Å²) in [6.45, 7) is 5.42. The molecule has 1 aliphatic heterocycles. The maximum absolute atomic E-state index is 14.4. The first-order chi connectivity index (χ1) is 12.3. The molecule has 0 aliphatic carbocycles. The lowest BCUT2D eigenvalue weighted by molar-refractivity contribution is -0.166. The number of hydrogen-bond donors (Lipinski definition) is 0. The second kappa shape index (κ2) is 7.03. The van der Waals surface area contributed by atoms with Crippen molar-refractivity contribution in [2.45, 2.75) is 32.8 Å². The van der Waals surface area contributed by atoms with Crippen LogP contribution < -0.4 is 0 Å². The normalized spacial score (nSPS) is 19.0. The van der Waals surface area contributed by atoms with Gasteiger partial charge in [-0.1, -0.05) is 22.8 Å². The van der Waals surface area contributed by atoms with Crippen LogP contribution in [0.15, 0.2) is 35.6 Å². The molecule has 2 aromatic rings. The Morgan fingerprint density at radius 3 is 2.81 bits per heavy atom. The summed E-state index contributed by atoms with van der Waals surface area (Å²) < 4.78 is 19.5. The third-order valence-corrected chi connectivity index (χ3v) is 4.47. The number of oxime groups is 1. The lowest BCUT2D eigenvalue weighted by Gasteiger charge is -2.18. The van der Waals surface area contributed by atoms with Crippen molar-refractivity contribution >= 4 is 23.3 Å². The monoisotopic (exact) mass is 376 g/mol. The first-order valence-electron chi connectivity index (χ1n) is 8.19. The van der Waals surface area contributed by atoms with Crippen LogP contribution in [0.4, 0.5) is 4.39 Å². The standard InChI is InChI=1S/C19H18ClFN2O3/c1-4-25-18(24)19(3)9-17(23-26-19)14-7-13(16(21)8-15(14)20)12-6-5-11(2)22-10-12/h5-8,10H,4,9H2,1-3H3. The molecule has 26 heavy (non-hydrogen) atoms. The number of nitrogens with zero attached hydrogens (tertiary/aromatic N) is 2. The van der Waals surface area contributed by atoms with Gasteiger partial charge in [-0.3, -0.25) is 4.98 Å². The molecule has 1 atom stereocenters. The largest absolute Gasteiger partial charge is 0.463 e. The van der Waals surface area contributed by atoms with E-state index in [1.165, 1.54) is 6.07 Å². The van der Waals surface area contributed by atoms with Gasteiger partial charge >= 0.3 is 5.97 Å². The highest BCUT2D eigenvalue weighted by Crippen LogP contribution is 2.34. The minimum atomic E-state index is -1.21. The molecule has 1 aromatic heterocycles. The fourth-order valence-electron chi connectivity index (χ4n) is 2.70. The van der Waals surface area contributed by atoms with E-state index < -0.39 is 17.4 Å². The molecule has 2 heterocycles. The van der Waals surface area contributed by atoms with Gasteiger partial charge < -0.3 is 9.57 Å². The predicted molar refractivity (Wildman–Crippen MR) is 96.7 cm³/mol. The van der Waals surface area contributed by atoms with Crippen molar-refractivity contribution in [1.29, 1.82) is 0 Å². The van der Waals surface area contributed by atoms with Crippen molar-refractivity contribution in [3.63, 3.8) is 0 Å². The van der Waals surface area contributed by atoms with Gasteiger partial charge in [-0.05, 0) is 39.0 Å². The van der Waals surface area contributed by atoms with E-state index in [1.54, 1.807) is 38.2 Å². The van der Waals surface area contributed by atoms with Crippen LogP contribution in [0.5, 0.6) is 0 Å². The van der Waals surface area contributed by atoms with Crippen LogP contribution >= 0.6 is 11.6 Å². The van der Waals surface area contributed by atoms with Gasteiger partial charge in [0.15, 0.2) is 0 Å². The summed E-state index contributed by atoms with van der Waals surface area (Å²) in [5, 5.41) is 4.19. The molecule has 0 bridgehead atoms. The van der Waals surface area contributed by atoms with E-state index >= 15 is 0 Å². The van der Waals surface area contributed by atoms with Gasteiger partial charge in [0.2, 0.25) is 5.60 Å². The molecule has 5 nitrogen and oxygen atoms in total. The second-order valence-corrected chi connectivity index (χ2v) is 6.66. The van der Waals surface area contributed by atoms with Crippen LogP contribution in [0.3, 0.4) is 0 Å². The average molecular weight is 377 g/mol. The van der Waals surface area contributed by atoms with Crippen LogP contribution in [-0.4, -0.2) is 28.9 Å². The molecular formula is C19H18ClFN2O3. The molecule has 0 spiro atoms. The average Bonchev–Trinajstić information content (AvgIpc) is 3.00. The van der Waals surface area contributed by atoms with Gasteiger partial charge in [-0.25, -0.2) is 9.18 Å². The molecule has 0 amide bonds. The number of benzene rings is 1. The number of aromatic nitrogens is 1. The lowest BCUT2D eigenvalue weighted by atomic mass is 9.94. The third-order valence-electron chi connectivity index (χ3n) is 4.16. The second-order valence-electron chi connectivity index (χ2n) is 6.26. The van der Waals surface area contributed by atoms with E-state index in [9.17, 15) is 9.18 Å². The number of pyridine rings is 1. The predicted octanol–water partition coefficient (Wildman–Crippen LogP) is 4.30. The maximum Gasteiger partial charge on any atom is 0.353 e. The Bertz CT molecular complexity index is 883. The Morgan fingerprint density at radius 1 is 1.38 bits per heavy atom. The smallest absolute Gasteiger partial charge is 0.353 e. The van der Waals surface area contributed by atoms with Crippen molar-refractivity contribution in [2.24, 2.45) is 5.16 Å². The van der Waals surface area contributed by atoms with Crippen molar-refractivity contribution in [2.75, 3.05) is 6.61 Å². The van der Waals surface area contributed by atoms with Crippen molar-refractivity contribution in [1.82, 2.24) is 4.98 Å². The van der Waals surface area contributed by atoms with E-state index in [4.69, 9.17) is 21.2 Å². The molecule has 7 heteroatoms. The highest BCUT2D eigenvalue weighted by Gasteiger charge is 2.44. The molecule has 3 rings (SSSR count). The Balaban J connectivity index is 1.95. The fourth-order valence-corrected chi connectivity index (χ4v) is 2.96. The molecule has 0 N–H and O–H groups in total. The van der Waals surface area contributed by atoms with E-state index in [0.717, 1.165) is 5.69 Å². The van der Waals surface area contributed by atoms with Gasteiger partial charge in [0, 0.05) is 35.0 Å². The number of ether oxygens (including phenoxy) is 1. The number of carbonyl (C=O) groups excluding carboxylic acids is 1. The number of aryl methyl sites for hydroxylation is 1. The van der Waals surface area contributed by atoms with Crippen LogP contribution in [0.1, 0.15) is 31.5 Å². The van der Waals surface area contributed by atoms with E-state index in [0.29, 0.717) is 22.4 Å². The summed E-state index contributed by atoms with van der Waals surface area (Å²) in [5.74, 6) is -0.961. The molecule has 136 valence electrons. The zero-order chi connectivity index (χ0) is 18.9. The summed E-state index contributed by atoms with van der Waals surface area (Å²) >= 11 is 6.22. The minimum absolute atomic E-state index is 0.183. The van der Waals surface area contributed by atoms with Crippen molar-refractivity contribution in [3.8, 4) is 11.1 Å². The van der Waals surface area contributed by atoms with Gasteiger partial charge in [0.05, 0.1) is 17.3 Å². The third kappa shape index (κ3) is 3.42. The first kappa shape index (κ1) is 18.3. The molecule has 0 saturated heterocycles. The van der Waals surface area contributed by atoms with Crippen molar-refractivity contribution < 1.29 is 18.8 Å². The van der Waals surface area contributed by atoms with Gasteiger partial charge in [0.25, 0.3) is 0 Å². The van der Waals surface area contributed by atoms with Gasteiger partial charge in [-0.15, -0.1) is 0 Å². The zero-order valence-corrected chi connectivity index (χ0v) is 15.4. The molecule has 1 unspecified atom stereocenters. The number of hydrogen-bond acceptors (Lipinski definition) is 5. The van der Waals surface area contributed by atoms with Crippen LogP contribution in [-0.2, 0) is 14.4 Å². The highest BCUT2D eigenvalue weighted by molar-refractivity contribution is 6.34. The number of rotatable bonds is 4. The minimum Gasteiger partial charge on any atom is -0.463 e.